The third kappa shape index (κ3) is 71.7. The largest absolute Gasteiger partial charge is 0.472 e. The lowest BCUT2D eigenvalue weighted by atomic mass is 10.0. The van der Waals surface area contributed by atoms with Crippen molar-refractivity contribution < 1.29 is 80.2 Å². The molecule has 0 aromatic carbocycles. The molecule has 98 heavy (non-hydrogen) atoms. The Labute approximate surface area is 598 Å². The van der Waals surface area contributed by atoms with E-state index in [1.165, 1.54) is 186 Å². The van der Waals surface area contributed by atoms with Gasteiger partial charge in [-0.05, 0) is 83.5 Å². The number of aliphatic hydroxyl groups excluding tert-OH is 1. The molecule has 0 aromatic heterocycles. The number of esters is 4. The second-order valence-electron chi connectivity index (χ2n) is 27.4. The molecule has 0 aliphatic heterocycles. The Balaban J connectivity index is 5.32. The van der Waals surface area contributed by atoms with Gasteiger partial charge in [0, 0.05) is 25.7 Å². The van der Waals surface area contributed by atoms with Crippen LogP contribution in [0.2, 0.25) is 0 Å². The van der Waals surface area contributed by atoms with Gasteiger partial charge in [-0.1, -0.05) is 315 Å². The van der Waals surface area contributed by atoms with Crippen LogP contribution in [0.1, 0.15) is 387 Å². The summed E-state index contributed by atoms with van der Waals surface area (Å²) in [5.41, 5.74) is 0. The molecular formula is C79H148O17P2. The van der Waals surface area contributed by atoms with Gasteiger partial charge in [0.2, 0.25) is 0 Å². The van der Waals surface area contributed by atoms with Gasteiger partial charge in [-0.25, -0.2) is 9.13 Å². The smallest absolute Gasteiger partial charge is 0.462 e. The second-order valence-corrected chi connectivity index (χ2v) is 30.3. The van der Waals surface area contributed by atoms with Gasteiger partial charge in [0.15, 0.2) is 12.2 Å². The summed E-state index contributed by atoms with van der Waals surface area (Å²) < 4.78 is 68.6. The highest BCUT2D eigenvalue weighted by atomic mass is 31.2. The standard InChI is InChI=1S/C79H148O17P2/c1-5-9-13-17-21-25-29-33-36-40-44-48-52-56-60-64-77(82)90-70-75(96-79(84)66-62-58-54-50-46-42-38-35-31-27-23-19-15-11-7-3)72-94-98(87,88)92-68-73(80)67-91-97(85,86)93-71-74(69-89-76(81)63-59-55-51-47-43-39-32-28-24-20-16-12-8-4)95-78(83)65-61-57-53-49-45-41-37-34-30-26-22-18-14-10-6-2/h22,26,34-35,37-38,73-75,80H,5-21,23-25,27-33,36,39-72H2,1-4H3,(H,85,86)(H,87,88)/b26-22-,37-34-,38-35-/t73-,74+,75+/m0/s1. The van der Waals surface area contributed by atoms with Crippen LogP contribution in [0.3, 0.4) is 0 Å². The van der Waals surface area contributed by atoms with E-state index >= 15 is 0 Å². The lowest BCUT2D eigenvalue weighted by Crippen LogP contribution is -2.30. The molecule has 2 unspecified atom stereocenters. The zero-order valence-electron chi connectivity index (χ0n) is 63.0. The summed E-state index contributed by atoms with van der Waals surface area (Å²) >= 11 is 0. The summed E-state index contributed by atoms with van der Waals surface area (Å²) in [6, 6.07) is 0. The molecule has 0 heterocycles. The van der Waals surface area contributed by atoms with Crippen molar-refractivity contribution >= 4 is 39.5 Å². The van der Waals surface area contributed by atoms with E-state index in [2.05, 4.69) is 64.2 Å². The summed E-state index contributed by atoms with van der Waals surface area (Å²) in [4.78, 5) is 72.9. The van der Waals surface area contributed by atoms with Crippen LogP contribution >= 0.6 is 15.6 Å². The minimum absolute atomic E-state index is 0.0861. The molecule has 0 saturated heterocycles. The van der Waals surface area contributed by atoms with Crippen LogP contribution in [0, 0.1) is 0 Å². The summed E-state index contributed by atoms with van der Waals surface area (Å²) in [6.07, 6.45) is 68.3. The molecule has 3 N–H and O–H groups in total. The van der Waals surface area contributed by atoms with Gasteiger partial charge in [-0.15, -0.1) is 0 Å². The molecule has 0 saturated carbocycles. The van der Waals surface area contributed by atoms with Crippen LogP contribution in [0.25, 0.3) is 0 Å². The van der Waals surface area contributed by atoms with E-state index in [0.29, 0.717) is 25.7 Å². The highest BCUT2D eigenvalue weighted by Gasteiger charge is 2.30. The number of ether oxygens (including phenoxy) is 4. The molecule has 0 rings (SSSR count). The maximum Gasteiger partial charge on any atom is 0.472 e. The Bertz CT molecular complexity index is 2000. The average Bonchev–Trinajstić information content (AvgIpc) is 1.05. The zero-order chi connectivity index (χ0) is 71.8. The van der Waals surface area contributed by atoms with E-state index in [1.54, 1.807) is 0 Å². The number of hydrogen-bond donors (Lipinski definition) is 3. The zero-order valence-corrected chi connectivity index (χ0v) is 64.8. The Morgan fingerprint density at radius 1 is 0.286 bits per heavy atom. The fourth-order valence-electron chi connectivity index (χ4n) is 11.4. The molecule has 576 valence electrons. The van der Waals surface area contributed by atoms with Gasteiger partial charge in [-0.3, -0.25) is 37.3 Å². The first-order chi connectivity index (χ1) is 47.7. The van der Waals surface area contributed by atoms with E-state index in [9.17, 15) is 43.2 Å². The van der Waals surface area contributed by atoms with Crippen LogP contribution in [0.4, 0.5) is 0 Å². The Morgan fingerprint density at radius 3 is 0.786 bits per heavy atom. The van der Waals surface area contributed by atoms with Gasteiger partial charge in [-0.2, -0.15) is 0 Å². The predicted octanol–water partition coefficient (Wildman–Crippen LogP) is 23.1. The van der Waals surface area contributed by atoms with Crippen molar-refractivity contribution in [3.8, 4) is 0 Å². The van der Waals surface area contributed by atoms with Crippen LogP contribution < -0.4 is 0 Å². The summed E-state index contributed by atoms with van der Waals surface area (Å²) in [5, 5.41) is 10.6. The minimum Gasteiger partial charge on any atom is -0.462 e. The number of phosphoric ester groups is 2. The molecule has 0 fully saturated rings. The van der Waals surface area contributed by atoms with Crippen LogP contribution in [-0.2, 0) is 65.4 Å². The van der Waals surface area contributed by atoms with Gasteiger partial charge >= 0.3 is 39.5 Å². The van der Waals surface area contributed by atoms with Crippen molar-refractivity contribution in [3.63, 3.8) is 0 Å². The van der Waals surface area contributed by atoms with Crippen molar-refractivity contribution in [2.24, 2.45) is 0 Å². The molecule has 17 nitrogen and oxygen atoms in total. The quantitative estimate of drug-likeness (QED) is 0.0169. The molecule has 0 aliphatic carbocycles. The predicted molar refractivity (Wildman–Crippen MR) is 400 cm³/mol. The number of aliphatic hydroxyl groups is 1. The molecule has 19 heteroatoms. The Kier molecular flexibility index (Phi) is 70.6. The van der Waals surface area contributed by atoms with Crippen LogP contribution in [-0.4, -0.2) is 96.7 Å². The number of unbranched alkanes of at least 4 members (excludes halogenated alkanes) is 45. The van der Waals surface area contributed by atoms with Crippen LogP contribution in [0.5, 0.6) is 0 Å². The van der Waals surface area contributed by atoms with Gasteiger partial charge in [0.05, 0.1) is 26.4 Å². The van der Waals surface area contributed by atoms with Crippen LogP contribution in [0.15, 0.2) is 36.5 Å². The Hall–Kier alpha value is -2.72. The van der Waals surface area contributed by atoms with E-state index in [4.69, 9.17) is 37.0 Å². The summed E-state index contributed by atoms with van der Waals surface area (Å²) in [5.74, 6) is -2.15. The third-order valence-corrected chi connectivity index (χ3v) is 19.5. The third-order valence-electron chi connectivity index (χ3n) is 17.6. The van der Waals surface area contributed by atoms with Crippen molar-refractivity contribution in [1.82, 2.24) is 0 Å². The first-order valence-electron chi connectivity index (χ1n) is 40.2. The summed E-state index contributed by atoms with van der Waals surface area (Å²) in [7, 11) is -9.93. The number of carbonyl (C=O) groups excluding carboxylic acids is 4. The molecule has 0 bridgehead atoms. The molecule has 0 aromatic rings. The maximum absolute atomic E-state index is 13.1. The van der Waals surface area contributed by atoms with E-state index in [0.717, 1.165) is 122 Å². The molecule has 0 spiro atoms. The fraction of sp³-hybridized carbons (Fsp3) is 0.873. The number of rotatable bonds is 77. The van der Waals surface area contributed by atoms with E-state index in [1.807, 2.05) is 0 Å². The van der Waals surface area contributed by atoms with Crippen molar-refractivity contribution in [2.75, 3.05) is 39.6 Å². The number of phosphoric acid groups is 2. The maximum atomic E-state index is 13.1. The minimum atomic E-state index is -4.97. The lowest BCUT2D eigenvalue weighted by molar-refractivity contribution is -0.161. The Morgan fingerprint density at radius 2 is 0.500 bits per heavy atom. The lowest BCUT2D eigenvalue weighted by Gasteiger charge is -2.21. The topological polar surface area (TPSA) is 237 Å². The summed E-state index contributed by atoms with van der Waals surface area (Å²) in [6.45, 7) is 4.92. The molecule has 0 aliphatic rings. The molecule has 5 atom stereocenters. The highest BCUT2D eigenvalue weighted by molar-refractivity contribution is 7.47. The van der Waals surface area contributed by atoms with Crippen molar-refractivity contribution in [3.05, 3.63) is 36.5 Å². The second kappa shape index (κ2) is 72.6. The number of allylic oxidation sites excluding steroid dienone is 6. The highest BCUT2D eigenvalue weighted by Crippen LogP contribution is 2.45. The molecule has 0 radical (unpaired) electrons. The van der Waals surface area contributed by atoms with Crippen molar-refractivity contribution in [2.45, 2.75) is 406 Å². The normalized spacial score (nSPS) is 14.1. The van der Waals surface area contributed by atoms with Gasteiger partial charge in [0.1, 0.15) is 19.3 Å². The van der Waals surface area contributed by atoms with Gasteiger partial charge in [0.25, 0.3) is 0 Å². The average molecular weight is 1430 g/mol. The SMILES string of the molecule is CCCCC/C=C\C/C=C\CCCCCCCC(=O)O[C@H](COC(=O)CCCCCCCCCCCCCCC)COP(=O)(O)OC[C@H](O)COP(=O)(O)OC[C@@H](COC(=O)CCCCCCCCCCCCCCCCC)OC(=O)CCCCCCC/C=C\CCCCCCCC. The monoisotopic (exact) mass is 1430 g/mol. The first kappa shape index (κ1) is 95.3. The number of carbonyl (C=O) groups is 4. The van der Waals surface area contributed by atoms with E-state index in [-0.39, 0.29) is 25.7 Å². The fourth-order valence-corrected chi connectivity index (χ4v) is 13.0. The number of hydrogen-bond acceptors (Lipinski definition) is 15. The van der Waals surface area contributed by atoms with Crippen molar-refractivity contribution in [1.29, 1.82) is 0 Å². The van der Waals surface area contributed by atoms with Gasteiger partial charge < -0.3 is 33.8 Å². The first-order valence-corrected chi connectivity index (χ1v) is 43.2. The molecule has 0 amide bonds. The molecular weight excluding hydrogens is 1280 g/mol. The van der Waals surface area contributed by atoms with E-state index < -0.39 is 97.5 Å².